The maximum absolute atomic E-state index is 12.4. The number of carbonyl (C=O) groups excluding carboxylic acids is 1. The van der Waals surface area contributed by atoms with E-state index in [0.29, 0.717) is 31.9 Å². The first kappa shape index (κ1) is 16.9. The highest BCUT2D eigenvalue weighted by atomic mass is 32.2. The Bertz CT molecular complexity index is 613. The molecule has 0 spiro atoms. The Morgan fingerprint density at radius 1 is 1.41 bits per heavy atom. The van der Waals surface area contributed by atoms with Crippen molar-refractivity contribution in [2.75, 3.05) is 40.5 Å². The van der Waals surface area contributed by atoms with E-state index in [-0.39, 0.29) is 16.9 Å². The van der Waals surface area contributed by atoms with E-state index in [1.54, 1.807) is 12.0 Å². The highest BCUT2D eigenvalue weighted by molar-refractivity contribution is 7.89. The number of amides is 1. The summed E-state index contributed by atoms with van der Waals surface area (Å²) < 4.78 is 36.1. The number of hydrogen-bond acceptors (Lipinski definition) is 5. The van der Waals surface area contributed by atoms with Crippen molar-refractivity contribution in [1.82, 2.24) is 9.62 Å². The second kappa shape index (κ2) is 7.19. The van der Waals surface area contributed by atoms with E-state index < -0.39 is 10.0 Å². The fraction of sp³-hybridized carbons (Fsp3) is 0.500. The third kappa shape index (κ3) is 3.83. The Morgan fingerprint density at radius 2 is 2.09 bits per heavy atom. The van der Waals surface area contributed by atoms with Crippen LogP contribution in [0.25, 0.3) is 0 Å². The molecule has 1 aromatic carbocycles. The Kier molecular flexibility index (Phi) is 5.52. The summed E-state index contributed by atoms with van der Waals surface area (Å²) >= 11 is 0. The second-order valence-electron chi connectivity index (χ2n) is 4.93. The normalized spacial score (nSPS) is 19.2. The molecule has 1 aliphatic heterocycles. The lowest BCUT2D eigenvalue weighted by Gasteiger charge is -2.32. The van der Waals surface area contributed by atoms with Gasteiger partial charge in [0.15, 0.2) is 0 Å². The molecular weight excluding hydrogens is 308 g/mol. The highest BCUT2D eigenvalue weighted by Gasteiger charge is 2.25. The van der Waals surface area contributed by atoms with Crippen molar-refractivity contribution < 1.29 is 22.7 Å². The van der Waals surface area contributed by atoms with Crippen LogP contribution >= 0.6 is 0 Å². The van der Waals surface area contributed by atoms with E-state index in [1.165, 1.54) is 31.3 Å². The first-order valence-electron chi connectivity index (χ1n) is 6.91. The van der Waals surface area contributed by atoms with Crippen LogP contribution in [0.1, 0.15) is 10.4 Å². The monoisotopic (exact) mass is 328 g/mol. The lowest BCUT2D eigenvalue weighted by molar-refractivity contribution is -0.0531. The number of carbonyl (C=O) groups is 1. The molecule has 0 aliphatic carbocycles. The van der Waals surface area contributed by atoms with Crippen molar-refractivity contribution in [3.05, 3.63) is 29.8 Å². The summed E-state index contributed by atoms with van der Waals surface area (Å²) in [7, 11) is -0.559. The number of morpholine rings is 1. The van der Waals surface area contributed by atoms with Crippen LogP contribution in [-0.4, -0.2) is 65.8 Å². The molecular formula is C14H20N2O5S. The van der Waals surface area contributed by atoms with Crippen LogP contribution in [0.2, 0.25) is 0 Å². The number of nitrogens with one attached hydrogen (secondary N) is 1. The summed E-state index contributed by atoms with van der Waals surface area (Å²) in [6.07, 6.45) is -0.133. The lowest BCUT2D eigenvalue weighted by Crippen LogP contribution is -2.47. The average molecular weight is 328 g/mol. The molecule has 122 valence electrons. The van der Waals surface area contributed by atoms with E-state index in [2.05, 4.69) is 4.72 Å². The molecule has 7 nitrogen and oxygen atoms in total. The third-order valence-corrected chi connectivity index (χ3v) is 4.89. The second-order valence-corrected chi connectivity index (χ2v) is 6.82. The van der Waals surface area contributed by atoms with Gasteiger partial charge in [-0.05, 0) is 31.3 Å². The molecule has 22 heavy (non-hydrogen) atoms. The Labute approximate surface area is 130 Å². The number of ether oxygens (including phenoxy) is 2. The van der Waals surface area contributed by atoms with Gasteiger partial charge in [0.05, 0.1) is 24.2 Å². The van der Waals surface area contributed by atoms with Gasteiger partial charge in [-0.15, -0.1) is 0 Å². The van der Waals surface area contributed by atoms with Gasteiger partial charge in [0, 0.05) is 25.8 Å². The summed E-state index contributed by atoms with van der Waals surface area (Å²) in [5.41, 5.74) is 0.452. The van der Waals surface area contributed by atoms with Gasteiger partial charge in [-0.2, -0.15) is 0 Å². The number of nitrogens with zero attached hydrogens (tertiary/aromatic N) is 1. The van der Waals surface area contributed by atoms with Crippen LogP contribution in [-0.2, 0) is 19.5 Å². The van der Waals surface area contributed by atoms with Crippen LogP contribution < -0.4 is 4.72 Å². The zero-order chi connectivity index (χ0) is 16.2. The van der Waals surface area contributed by atoms with Gasteiger partial charge >= 0.3 is 0 Å². The van der Waals surface area contributed by atoms with Crippen LogP contribution in [0.3, 0.4) is 0 Å². The molecule has 1 aliphatic rings. The molecule has 8 heteroatoms. The lowest BCUT2D eigenvalue weighted by atomic mass is 10.1. The van der Waals surface area contributed by atoms with Gasteiger partial charge in [-0.25, -0.2) is 13.1 Å². The minimum Gasteiger partial charge on any atom is -0.382 e. The van der Waals surface area contributed by atoms with E-state index in [9.17, 15) is 13.2 Å². The topological polar surface area (TPSA) is 84.9 Å². The van der Waals surface area contributed by atoms with E-state index in [4.69, 9.17) is 9.47 Å². The zero-order valence-corrected chi connectivity index (χ0v) is 13.4. The van der Waals surface area contributed by atoms with Crippen LogP contribution in [0.15, 0.2) is 29.2 Å². The van der Waals surface area contributed by atoms with Gasteiger partial charge in [0.2, 0.25) is 10.0 Å². The maximum Gasteiger partial charge on any atom is 0.254 e. The predicted octanol–water partition coefficient (Wildman–Crippen LogP) is 0.0821. The van der Waals surface area contributed by atoms with Gasteiger partial charge in [-0.1, -0.05) is 0 Å². The molecule has 1 aromatic rings. The third-order valence-electron chi connectivity index (χ3n) is 3.46. The quantitative estimate of drug-likeness (QED) is 0.827. The molecule has 1 saturated heterocycles. The molecule has 1 atom stereocenters. The Balaban J connectivity index is 2.09. The Morgan fingerprint density at radius 3 is 2.68 bits per heavy atom. The maximum atomic E-state index is 12.4. The van der Waals surface area contributed by atoms with Crippen LogP contribution in [0, 0.1) is 0 Å². The van der Waals surface area contributed by atoms with E-state index in [1.807, 2.05) is 0 Å². The van der Waals surface area contributed by atoms with E-state index >= 15 is 0 Å². The molecule has 0 bridgehead atoms. The molecule has 0 aromatic heterocycles. The molecule has 1 N–H and O–H groups in total. The molecule has 2 rings (SSSR count). The standard InChI is InChI=1S/C14H20N2O5S/c1-15-22(18,19)13-5-3-11(4-6-13)14(17)16-7-8-21-12(9-16)10-20-2/h3-6,12,15H,7-10H2,1-2H3. The van der Waals surface area contributed by atoms with Crippen LogP contribution in [0.5, 0.6) is 0 Å². The minimum atomic E-state index is -3.49. The zero-order valence-electron chi connectivity index (χ0n) is 12.6. The number of benzene rings is 1. The first-order chi connectivity index (χ1) is 10.5. The van der Waals surface area contributed by atoms with Crippen molar-refractivity contribution in [2.24, 2.45) is 0 Å². The average Bonchev–Trinajstić information content (AvgIpc) is 2.55. The van der Waals surface area contributed by atoms with Gasteiger partial charge in [0.1, 0.15) is 0 Å². The number of methoxy groups -OCH3 is 1. The van der Waals surface area contributed by atoms with E-state index in [0.717, 1.165) is 0 Å². The summed E-state index contributed by atoms with van der Waals surface area (Å²) in [5, 5.41) is 0. The van der Waals surface area contributed by atoms with Gasteiger partial charge < -0.3 is 14.4 Å². The molecule has 1 amide bonds. The van der Waals surface area contributed by atoms with Crippen molar-refractivity contribution in [3.63, 3.8) is 0 Å². The fourth-order valence-corrected chi connectivity index (χ4v) is 3.00. The number of rotatable bonds is 5. The van der Waals surface area contributed by atoms with Gasteiger partial charge in [-0.3, -0.25) is 4.79 Å². The number of sulfonamides is 1. The predicted molar refractivity (Wildman–Crippen MR) is 80.2 cm³/mol. The molecule has 1 unspecified atom stereocenters. The highest BCUT2D eigenvalue weighted by Crippen LogP contribution is 2.14. The molecule has 1 fully saturated rings. The summed E-state index contributed by atoms with van der Waals surface area (Å²) in [4.78, 5) is 14.3. The minimum absolute atomic E-state index is 0.130. The van der Waals surface area contributed by atoms with Crippen molar-refractivity contribution in [1.29, 1.82) is 0 Å². The Hall–Kier alpha value is -1.48. The summed E-state index contributed by atoms with van der Waals surface area (Å²) in [6.45, 7) is 1.87. The van der Waals surface area contributed by atoms with Crippen LogP contribution in [0.4, 0.5) is 0 Å². The molecule has 0 radical (unpaired) electrons. The first-order valence-corrected chi connectivity index (χ1v) is 8.39. The molecule has 1 heterocycles. The fourth-order valence-electron chi connectivity index (χ4n) is 2.27. The summed E-state index contributed by atoms with van der Waals surface area (Å²) in [5.74, 6) is -0.141. The smallest absolute Gasteiger partial charge is 0.254 e. The molecule has 0 saturated carbocycles. The van der Waals surface area contributed by atoms with Crippen molar-refractivity contribution in [2.45, 2.75) is 11.0 Å². The van der Waals surface area contributed by atoms with Gasteiger partial charge in [0.25, 0.3) is 5.91 Å². The van der Waals surface area contributed by atoms with Crippen molar-refractivity contribution in [3.8, 4) is 0 Å². The summed E-state index contributed by atoms with van der Waals surface area (Å²) in [6, 6.07) is 5.89. The van der Waals surface area contributed by atoms with Crippen molar-refractivity contribution >= 4 is 15.9 Å². The SMILES string of the molecule is CNS(=O)(=O)c1ccc(C(=O)N2CCOC(COC)C2)cc1. The number of hydrogen-bond donors (Lipinski definition) is 1. The largest absolute Gasteiger partial charge is 0.382 e.